The molecule has 0 aliphatic carbocycles. The quantitative estimate of drug-likeness (QED) is 0.787. The van der Waals surface area contributed by atoms with E-state index in [-0.39, 0.29) is 0 Å². The molecule has 0 fully saturated rings. The molecule has 2 aromatic heterocycles. The summed E-state index contributed by atoms with van der Waals surface area (Å²) in [5, 5.41) is 9.51. The number of nitriles is 1. The third-order valence-corrected chi connectivity index (χ3v) is 3.20. The molecule has 0 atom stereocenters. The maximum atomic E-state index is 8.83. The van der Waals surface area contributed by atoms with Crippen molar-refractivity contribution in [2.75, 3.05) is 0 Å². The van der Waals surface area contributed by atoms with Gasteiger partial charge in [-0.2, -0.15) is 5.26 Å². The molecule has 0 saturated carbocycles. The van der Waals surface area contributed by atoms with Gasteiger partial charge in [-0.05, 0) is 34.1 Å². The Balaban J connectivity index is 2.28. The van der Waals surface area contributed by atoms with Crippen LogP contribution in [0.4, 0.5) is 5.00 Å². The Bertz CT molecular complexity index is 522. The van der Waals surface area contributed by atoms with Gasteiger partial charge in [0.25, 0.3) is 0 Å². The molecule has 2 heterocycles. The number of aliphatic imine (C=N–C) groups is 1. The van der Waals surface area contributed by atoms with E-state index in [1.165, 1.54) is 11.3 Å². The lowest BCUT2D eigenvalue weighted by Crippen LogP contribution is -1.72. The summed E-state index contributed by atoms with van der Waals surface area (Å²) in [4.78, 5) is 4.19. The molecule has 0 aromatic carbocycles. The van der Waals surface area contributed by atoms with E-state index in [0.717, 1.165) is 3.79 Å². The fourth-order valence-electron chi connectivity index (χ4n) is 1.01. The van der Waals surface area contributed by atoms with Crippen LogP contribution < -0.4 is 0 Å². The van der Waals surface area contributed by atoms with Crippen molar-refractivity contribution in [3.05, 3.63) is 39.6 Å². The lowest BCUT2D eigenvalue weighted by molar-refractivity contribution is 0.560. The van der Waals surface area contributed by atoms with Gasteiger partial charge in [0.2, 0.25) is 0 Å². The maximum Gasteiger partial charge on any atom is 0.144 e. The molecule has 3 nitrogen and oxygen atoms in total. The average molecular weight is 281 g/mol. The number of furan rings is 1. The van der Waals surface area contributed by atoms with E-state index in [9.17, 15) is 0 Å². The highest BCUT2D eigenvalue weighted by molar-refractivity contribution is 9.11. The Labute approximate surface area is 98.8 Å². The van der Waals surface area contributed by atoms with Crippen LogP contribution in [0.15, 0.2) is 37.7 Å². The van der Waals surface area contributed by atoms with Gasteiger partial charge < -0.3 is 4.42 Å². The van der Waals surface area contributed by atoms with Gasteiger partial charge >= 0.3 is 0 Å². The monoisotopic (exact) mass is 280 g/mol. The molecule has 5 heteroatoms. The van der Waals surface area contributed by atoms with Crippen molar-refractivity contribution in [2.24, 2.45) is 4.99 Å². The first-order valence-corrected chi connectivity index (χ1v) is 5.67. The van der Waals surface area contributed by atoms with E-state index >= 15 is 0 Å². The first kappa shape index (κ1) is 10.1. The van der Waals surface area contributed by atoms with Gasteiger partial charge in [-0.3, -0.25) is 0 Å². The highest BCUT2D eigenvalue weighted by Crippen LogP contribution is 2.33. The molecule has 0 aliphatic heterocycles. The highest BCUT2D eigenvalue weighted by atomic mass is 79.9. The van der Waals surface area contributed by atoms with Crippen LogP contribution in [0.5, 0.6) is 0 Å². The summed E-state index contributed by atoms with van der Waals surface area (Å²) in [7, 11) is 0. The molecule has 0 radical (unpaired) electrons. The van der Waals surface area contributed by atoms with Crippen molar-refractivity contribution in [3.8, 4) is 6.07 Å². The van der Waals surface area contributed by atoms with Crippen LogP contribution in [0.25, 0.3) is 0 Å². The predicted octanol–water partition coefficient (Wildman–Crippen LogP) is 3.73. The van der Waals surface area contributed by atoms with Crippen LogP contribution in [-0.4, -0.2) is 6.21 Å². The number of halogens is 1. The summed E-state index contributed by atoms with van der Waals surface area (Å²) in [6.07, 6.45) is 3.18. The van der Waals surface area contributed by atoms with E-state index in [2.05, 4.69) is 27.0 Å². The van der Waals surface area contributed by atoms with E-state index < -0.39 is 0 Å². The van der Waals surface area contributed by atoms with Crippen LogP contribution >= 0.6 is 27.3 Å². The predicted molar refractivity (Wildman–Crippen MR) is 62.7 cm³/mol. The van der Waals surface area contributed by atoms with Gasteiger partial charge in [-0.15, -0.1) is 11.3 Å². The summed E-state index contributed by atoms with van der Waals surface area (Å²) in [5.74, 6) is 0.670. The van der Waals surface area contributed by atoms with Gasteiger partial charge in [0.15, 0.2) is 0 Å². The molecule has 0 spiro atoms. The molecule has 2 aromatic rings. The molecular formula is C10H5BrN2OS. The van der Waals surface area contributed by atoms with Gasteiger partial charge in [0, 0.05) is 0 Å². The molecule has 15 heavy (non-hydrogen) atoms. The summed E-state index contributed by atoms with van der Waals surface area (Å²) in [6, 6.07) is 7.42. The standard InChI is InChI=1S/C10H5BrN2OS/c11-9-4-7(5-12)10(15-9)13-6-8-2-1-3-14-8/h1-4,6H. The Morgan fingerprint density at radius 3 is 3.13 bits per heavy atom. The van der Waals surface area contributed by atoms with Crippen molar-refractivity contribution >= 4 is 38.5 Å². The average Bonchev–Trinajstić information content (AvgIpc) is 2.83. The van der Waals surface area contributed by atoms with E-state index in [4.69, 9.17) is 9.68 Å². The largest absolute Gasteiger partial charge is 0.463 e. The maximum absolute atomic E-state index is 8.83. The van der Waals surface area contributed by atoms with E-state index in [1.54, 1.807) is 30.7 Å². The fourth-order valence-corrected chi connectivity index (χ4v) is 2.39. The number of thiophene rings is 1. The highest BCUT2D eigenvalue weighted by Gasteiger charge is 2.05. The molecule has 0 bridgehead atoms. The molecule has 2 rings (SSSR count). The molecule has 74 valence electrons. The minimum atomic E-state index is 0.565. The third kappa shape index (κ3) is 2.35. The fraction of sp³-hybridized carbons (Fsp3) is 0. The van der Waals surface area contributed by atoms with Gasteiger partial charge in [-0.1, -0.05) is 0 Å². The number of hydrogen-bond donors (Lipinski definition) is 0. The van der Waals surface area contributed by atoms with E-state index in [0.29, 0.717) is 16.3 Å². The normalized spacial score (nSPS) is 10.7. The van der Waals surface area contributed by atoms with Gasteiger partial charge in [0.05, 0.1) is 21.8 Å². The Morgan fingerprint density at radius 1 is 1.60 bits per heavy atom. The van der Waals surface area contributed by atoms with Crippen LogP contribution in [0.2, 0.25) is 0 Å². The zero-order valence-electron chi connectivity index (χ0n) is 7.48. The lowest BCUT2D eigenvalue weighted by atomic mass is 10.3. The van der Waals surface area contributed by atoms with Crippen molar-refractivity contribution < 1.29 is 4.42 Å². The van der Waals surface area contributed by atoms with Crippen molar-refractivity contribution in [1.82, 2.24) is 0 Å². The van der Waals surface area contributed by atoms with E-state index in [1.807, 2.05) is 0 Å². The van der Waals surface area contributed by atoms with Crippen LogP contribution in [-0.2, 0) is 0 Å². The SMILES string of the molecule is N#Cc1cc(Br)sc1N=Cc1ccco1. The zero-order chi connectivity index (χ0) is 10.7. The molecule has 0 saturated heterocycles. The Morgan fingerprint density at radius 2 is 2.47 bits per heavy atom. The molecule has 0 unspecified atom stereocenters. The molecule has 0 amide bonds. The van der Waals surface area contributed by atoms with Gasteiger partial charge in [-0.25, -0.2) is 4.99 Å². The lowest BCUT2D eigenvalue weighted by Gasteiger charge is -1.85. The second-order valence-electron chi connectivity index (χ2n) is 2.65. The van der Waals surface area contributed by atoms with Crippen LogP contribution in [0.3, 0.4) is 0 Å². The van der Waals surface area contributed by atoms with Crippen molar-refractivity contribution in [3.63, 3.8) is 0 Å². The summed E-state index contributed by atoms with van der Waals surface area (Å²) < 4.78 is 5.99. The number of nitrogens with zero attached hydrogens (tertiary/aromatic N) is 2. The molecule has 0 N–H and O–H groups in total. The summed E-state index contributed by atoms with van der Waals surface area (Å²) in [5.41, 5.74) is 0.565. The smallest absolute Gasteiger partial charge is 0.144 e. The number of rotatable bonds is 2. The first-order valence-electron chi connectivity index (χ1n) is 4.06. The topological polar surface area (TPSA) is 49.3 Å². The zero-order valence-corrected chi connectivity index (χ0v) is 9.88. The Kier molecular flexibility index (Phi) is 2.99. The molecular weight excluding hydrogens is 276 g/mol. The van der Waals surface area contributed by atoms with Crippen LogP contribution in [0, 0.1) is 11.3 Å². The third-order valence-electron chi connectivity index (χ3n) is 1.66. The van der Waals surface area contributed by atoms with Crippen molar-refractivity contribution in [1.29, 1.82) is 5.26 Å². The number of hydrogen-bond acceptors (Lipinski definition) is 4. The Hall–Kier alpha value is -1.38. The first-order chi connectivity index (χ1) is 7.29. The van der Waals surface area contributed by atoms with Crippen molar-refractivity contribution in [2.45, 2.75) is 0 Å². The molecule has 0 aliphatic rings. The second kappa shape index (κ2) is 4.43. The summed E-state index contributed by atoms with van der Waals surface area (Å²) >= 11 is 4.73. The minimum Gasteiger partial charge on any atom is -0.463 e. The van der Waals surface area contributed by atoms with Crippen LogP contribution in [0.1, 0.15) is 11.3 Å². The second-order valence-corrected chi connectivity index (χ2v) is 5.06. The minimum absolute atomic E-state index is 0.565. The summed E-state index contributed by atoms with van der Waals surface area (Å²) in [6.45, 7) is 0. The van der Waals surface area contributed by atoms with Gasteiger partial charge in [0.1, 0.15) is 16.8 Å².